The largest absolute Gasteiger partial charge is 0.268 e. The summed E-state index contributed by atoms with van der Waals surface area (Å²) in [6.07, 6.45) is 9.51. The third-order valence-electron chi connectivity index (χ3n) is 5.35. The molecule has 5 heteroatoms. The average Bonchev–Trinajstić information content (AvgIpc) is 2.72. The van der Waals surface area contributed by atoms with Crippen LogP contribution in [0, 0.1) is 19.8 Å². The number of fused-ring (bicyclic) bond motifs is 1. The number of aryl methyl sites for hydroxylation is 1. The standard InChI is InChI=1S/C23H24N4O/c1-16-9-8-14-21(17(16)2)27-22(28)19-12-6-7-13-20(19)25-23(27)26-24-15-18-10-4-3-5-11-18/h3-4,6-9,12-15,18H,5,10-11H2,1-2H3,(H,25,26)/b24-15-/t18-/m1/s1. The van der Waals surface area contributed by atoms with Gasteiger partial charge in [-0.15, -0.1) is 0 Å². The topological polar surface area (TPSA) is 59.3 Å². The van der Waals surface area contributed by atoms with E-state index in [0.717, 1.165) is 36.1 Å². The van der Waals surface area contributed by atoms with Gasteiger partial charge in [-0.1, -0.05) is 36.4 Å². The predicted molar refractivity (Wildman–Crippen MR) is 115 cm³/mol. The summed E-state index contributed by atoms with van der Waals surface area (Å²) < 4.78 is 1.63. The van der Waals surface area contributed by atoms with Gasteiger partial charge in [-0.2, -0.15) is 5.10 Å². The lowest BCUT2D eigenvalue weighted by molar-refractivity contribution is 0.627. The van der Waals surface area contributed by atoms with Crippen LogP contribution < -0.4 is 11.0 Å². The number of aromatic nitrogens is 2. The molecule has 0 radical (unpaired) electrons. The van der Waals surface area contributed by atoms with E-state index in [0.29, 0.717) is 22.8 Å². The third kappa shape index (κ3) is 3.48. The summed E-state index contributed by atoms with van der Waals surface area (Å²) >= 11 is 0. The number of anilines is 1. The highest BCUT2D eigenvalue weighted by Crippen LogP contribution is 2.21. The molecule has 0 aliphatic heterocycles. The van der Waals surface area contributed by atoms with E-state index in [1.54, 1.807) is 4.57 Å². The minimum Gasteiger partial charge on any atom is -0.268 e. The van der Waals surface area contributed by atoms with E-state index in [4.69, 9.17) is 0 Å². The Morgan fingerprint density at radius 1 is 1.14 bits per heavy atom. The van der Waals surface area contributed by atoms with Crippen LogP contribution in [0.25, 0.3) is 16.6 Å². The number of hydrazone groups is 1. The number of nitrogens with zero attached hydrogens (tertiary/aromatic N) is 3. The van der Waals surface area contributed by atoms with Crippen molar-refractivity contribution in [3.63, 3.8) is 0 Å². The van der Waals surface area contributed by atoms with Crippen molar-refractivity contribution < 1.29 is 0 Å². The van der Waals surface area contributed by atoms with Crippen molar-refractivity contribution in [1.29, 1.82) is 0 Å². The maximum Gasteiger partial charge on any atom is 0.267 e. The molecule has 3 aromatic rings. The number of nitrogens with one attached hydrogen (secondary N) is 1. The molecular formula is C23H24N4O. The Hall–Kier alpha value is -3.21. The van der Waals surface area contributed by atoms with Crippen LogP contribution in [0.3, 0.4) is 0 Å². The molecule has 0 saturated heterocycles. The van der Waals surface area contributed by atoms with Gasteiger partial charge in [0.15, 0.2) is 0 Å². The lowest BCUT2D eigenvalue weighted by Gasteiger charge is -2.16. The third-order valence-corrected chi connectivity index (χ3v) is 5.35. The molecule has 142 valence electrons. The van der Waals surface area contributed by atoms with Crippen molar-refractivity contribution in [2.24, 2.45) is 11.0 Å². The highest BCUT2D eigenvalue weighted by atomic mass is 16.1. The van der Waals surface area contributed by atoms with Crippen LogP contribution in [0.15, 0.2) is 64.5 Å². The van der Waals surface area contributed by atoms with Gasteiger partial charge in [-0.3, -0.25) is 4.79 Å². The van der Waals surface area contributed by atoms with Crippen LogP contribution >= 0.6 is 0 Å². The first-order chi connectivity index (χ1) is 13.6. The van der Waals surface area contributed by atoms with Crippen molar-refractivity contribution in [1.82, 2.24) is 9.55 Å². The number of rotatable bonds is 4. The van der Waals surface area contributed by atoms with Crippen molar-refractivity contribution in [3.05, 3.63) is 76.1 Å². The lowest BCUT2D eigenvalue weighted by Crippen LogP contribution is -2.23. The van der Waals surface area contributed by atoms with Crippen LogP contribution in [-0.4, -0.2) is 15.8 Å². The number of hydrogen-bond acceptors (Lipinski definition) is 4. The van der Waals surface area contributed by atoms with E-state index in [1.165, 1.54) is 0 Å². The zero-order valence-electron chi connectivity index (χ0n) is 16.2. The van der Waals surface area contributed by atoms with Crippen molar-refractivity contribution in [3.8, 4) is 5.69 Å². The molecule has 4 rings (SSSR count). The smallest absolute Gasteiger partial charge is 0.267 e. The molecule has 0 unspecified atom stereocenters. The monoisotopic (exact) mass is 372 g/mol. The second kappa shape index (κ2) is 7.80. The fourth-order valence-corrected chi connectivity index (χ4v) is 3.56. The quantitative estimate of drug-likeness (QED) is 0.408. The maximum absolute atomic E-state index is 13.3. The number of allylic oxidation sites excluding steroid dienone is 2. The fourth-order valence-electron chi connectivity index (χ4n) is 3.56. The summed E-state index contributed by atoms with van der Waals surface area (Å²) in [7, 11) is 0. The highest BCUT2D eigenvalue weighted by Gasteiger charge is 2.15. The maximum atomic E-state index is 13.3. The second-order valence-electron chi connectivity index (χ2n) is 7.25. The molecule has 0 amide bonds. The van der Waals surface area contributed by atoms with Gasteiger partial charge in [0.05, 0.1) is 16.6 Å². The Bertz CT molecular complexity index is 1130. The predicted octanol–water partition coefficient (Wildman–Crippen LogP) is 4.76. The summed E-state index contributed by atoms with van der Waals surface area (Å²) in [6.45, 7) is 4.06. The fraction of sp³-hybridized carbons (Fsp3) is 0.261. The molecule has 1 aromatic heterocycles. The van der Waals surface area contributed by atoms with Gasteiger partial charge >= 0.3 is 0 Å². The average molecular weight is 372 g/mol. The van der Waals surface area contributed by atoms with Crippen LogP contribution in [0.2, 0.25) is 0 Å². The Morgan fingerprint density at radius 3 is 2.82 bits per heavy atom. The van der Waals surface area contributed by atoms with E-state index in [9.17, 15) is 4.79 Å². The first-order valence-electron chi connectivity index (χ1n) is 9.67. The van der Waals surface area contributed by atoms with Crippen molar-refractivity contribution in [2.45, 2.75) is 33.1 Å². The minimum atomic E-state index is -0.0994. The van der Waals surface area contributed by atoms with E-state index in [2.05, 4.69) is 27.7 Å². The number of hydrogen-bond donors (Lipinski definition) is 1. The first kappa shape index (κ1) is 18.2. The summed E-state index contributed by atoms with van der Waals surface area (Å²) in [5, 5.41) is 5.01. The van der Waals surface area contributed by atoms with Crippen LogP contribution in [0.4, 0.5) is 5.95 Å². The van der Waals surface area contributed by atoms with Gasteiger partial charge in [0.2, 0.25) is 5.95 Å². The van der Waals surface area contributed by atoms with Gasteiger partial charge in [-0.25, -0.2) is 15.0 Å². The van der Waals surface area contributed by atoms with E-state index < -0.39 is 0 Å². The van der Waals surface area contributed by atoms with E-state index >= 15 is 0 Å². The summed E-state index contributed by atoms with van der Waals surface area (Å²) in [5.41, 5.74) is 6.59. The molecule has 1 atom stereocenters. The van der Waals surface area contributed by atoms with Crippen LogP contribution in [-0.2, 0) is 0 Å². The minimum absolute atomic E-state index is 0.0994. The van der Waals surface area contributed by atoms with E-state index in [-0.39, 0.29) is 5.56 Å². The lowest BCUT2D eigenvalue weighted by atomic mass is 9.96. The molecule has 0 spiro atoms. The summed E-state index contributed by atoms with van der Waals surface area (Å²) in [6, 6.07) is 13.4. The molecule has 5 nitrogen and oxygen atoms in total. The van der Waals surface area contributed by atoms with Gasteiger partial charge in [0, 0.05) is 6.21 Å². The van der Waals surface area contributed by atoms with Gasteiger partial charge in [0.1, 0.15) is 0 Å². The Labute approximate surface area is 164 Å². The molecule has 0 fully saturated rings. The Morgan fingerprint density at radius 2 is 2.00 bits per heavy atom. The normalized spacial score (nSPS) is 16.7. The zero-order chi connectivity index (χ0) is 19.5. The summed E-state index contributed by atoms with van der Waals surface area (Å²) in [5.74, 6) is 0.846. The van der Waals surface area contributed by atoms with Crippen molar-refractivity contribution >= 4 is 23.1 Å². The van der Waals surface area contributed by atoms with E-state index in [1.807, 2.05) is 62.5 Å². The molecule has 1 heterocycles. The first-order valence-corrected chi connectivity index (χ1v) is 9.67. The molecule has 1 aliphatic rings. The Kier molecular flexibility index (Phi) is 5.06. The van der Waals surface area contributed by atoms with Crippen LogP contribution in [0.5, 0.6) is 0 Å². The van der Waals surface area contributed by atoms with Crippen molar-refractivity contribution in [2.75, 3.05) is 5.43 Å². The Balaban J connectivity index is 1.82. The van der Waals surface area contributed by atoms with Crippen LogP contribution in [0.1, 0.15) is 30.4 Å². The summed E-state index contributed by atoms with van der Waals surface area (Å²) in [4.78, 5) is 18.0. The molecule has 0 saturated carbocycles. The molecule has 28 heavy (non-hydrogen) atoms. The second-order valence-corrected chi connectivity index (χ2v) is 7.25. The van der Waals surface area contributed by atoms with Gasteiger partial charge in [0.25, 0.3) is 5.56 Å². The molecular weight excluding hydrogens is 348 g/mol. The highest BCUT2D eigenvalue weighted by molar-refractivity contribution is 5.79. The number of para-hydroxylation sites is 1. The zero-order valence-corrected chi connectivity index (χ0v) is 16.2. The molecule has 1 aliphatic carbocycles. The van der Waals surface area contributed by atoms with Gasteiger partial charge in [-0.05, 0) is 68.4 Å². The van der Waals surface area contributed by atoms with Gasteiger partial charge < -0.3 is 0 Å². The molecule has 2 aromatic carbocycles. The molecule has 0 bridgehead atoms. The number of benzene rings is 2. The SMILES string of the molecule is Cc1cccc(-n2c(N/N=C\[C@@H]3CC=CCC3)nc3ccccc3c2=O)c1C. The molecule has 1 N–H and O–H groups in total.